The lowest BCUT2D eigenvalue weighted by Crippen LogP contribution is -2.20. The summed E-state index contributed by atoms with van der Waals surface area (Å²) >= 11 is 6.01. The maximum atomic E-state index is 11.8. The van der Waals surface area contributed by atoms with Crippen molar-refractivity contribution in [1.29, 1.82) is 0 Å². The standard InChI is InChI=1S/C14H17ClN2O4/c1-20-13-5-12(11(15)4-10(13)7-18)17-14(19)21-8-9-2-3-16-6-9/h4-5,7,9,16H,2-3,6,8H2,1H3,(H,17,19)/t9-/m1/s1. The maximum Gasteiger partial charge on any atom is 0.411 e. The Labute approximate surface area is 127 Å². The molecule has 0 unspecified atom stereocenters. The molecule has 6 nitrogen and oxygen atoms in total. The highest BCUT2D eigenvalue weighted by Crippen LogP contribution is 2.30. The number of amides is 1. The molecule has 0 aromatic heterocycles. The number of halogens is 1. The quantitative estimate of drug-likeness (QED) is 0.816. The van der Waals surface area contributed by atoms with Gasteiger partial charge in [0.2, 0.25) is 0 Å². The number of hydrogen-bond donors (Lipinski definition) is 2. The fourth-order valence-corrected chi connectivity index (χ4v) is 2.35. The molecular weight excluding hydrogens is 296 g/mol. The Hall–Kier alpha value is -1.79. The Morgan fingerprint density at radius 2 is 2.38 bits per heavy atom. The first-order chi connectivity index (χ1) is 10.1. The van der Waals surface area contributed by atoms with Gasteiger partial charge >= 0.3 is 6.09 Å². The van der Waals surface area contributed by atoms with Crippen molar-refractivity contribution in [2.24, 2.45) is 5.92 Å². The summed E-state index contributed by atoms with van der Waals surface area (Å²) in [5, 5.41) is 6.00. The Balaban J connectivity index is 1.97. The van der Waals surface area contributed by atoms with Crippen molar-refractivity contribution in [3.63, 3.8) is 0 Å². The molecule has 1 aromatic rings. The summed E-state index contributed by atoms with van der Waals surface area (Å²) in [7, 11) is 1.44. The Kier molecular flexibility index (Phi) is 5.41. The molecular formula is C14H17ClN2O4. The molecule has 0 bridgehead atoms. The molecule has 2 N–H and O–H groups in total. The highest BCUT2D eigenvalue weighted by molar-refractivity contribution is 6.34. The molecule has 1 aliphatic heterocycles. The lowest BCUT2D eigenvalue weighted by atomic mass is 10.1. The van der Waals surface area contributed by atoms with Gasteiger partial charge in [-0.15, -0.1) is 0 Å². The molecule has 1 atom stereocenters. The number of rotatable bonds is 5. The van der Waals surface area contributed by atoms with Crippen LogP contribution in [0.15, 0.2) is 12.1 Å². The van der Waals surface area contributed by atoms with Gasteiger partial charge in [-0.05, 0) is 19.0 Å². The molecule has 7 heteroatoms. The van der Waals surface area contributed by atoms with Crippen LogP contribution in [0.2, 0.25) is 5.02 Å². The molecule has 0 saturated carbocycles. The topological polar surface area (TPSA) is 76.7 Å². The average Bonchev–Trinajstić information content (AvgIpc) is 3.00. The van der Waals surface area contributed by atoms with E-state index in [1.165, 1.54) is 19.2 Å². The molecule has 21 heavy (non-hydrogen) atoms. The first-order valence-corrected chi connectivity index (χ1v) is 6.99. The number of ether oxygens (including phenoxy) is 2. The summed E-state index contributed by atoms with van der Waals surface area (Å²) in [6.07, 6.45) is 1.06. The molecule has 114 valence electrons. The third-order valence-corrected chi connectivity index (χ3v) is 3.61. The minimum absolute atomic E-state index is 0.248. The monoisotopic (exact) mass is 312 g/mol. The minimum atomic E-state index is -0.579. The zero-order chi connectivity index (χ0) is 15.2. The average molecular weight is 313 g/mol. The molecule has 1 aromatic carbocycles. The predicted molar refractivity (Wildman–Crippen MR) is 79.3 cm³/mol. The van der Waals surface area contributed by atoms with E-state index in [1.807, 2.05) is 0 Å². The summed E-state index contributed by atoms with van der Waals surface area (Å²) in [5.41, 5.74) is 0.659. The van der Waals surface area contributed by atoms with Crippen LogP contribution in [0.1, 0.15) is 16.8 Å². The van der Waals surface area contributed by atoms with Crippen molar-refractivity contribution in [3.8, 4) is 5.75 Å². The van der Waals surface area contributed by atoms with Gasteiger partial charge in [0.15, 0.2) is 6.29 Å². The van der Waals surface area contributed by atoms with Gasteiger partial charge in [-0.3, -0.25) is 10.1 Å². The zero-order valence-electron chi connectivity index (χ0n) is 11.6. The van der Waals surface area contributed by atoms with E-state index in [0.717, 1.165) is 19.5 Å². The van der Waals surface area contributed by atoms with Crippen LogP contribution in [-0.4, -0.2) is 39.2 Å². The highest BCUT2D eigenvalue weighted by Gasteiger charge is 2.17. The van der Waals surface area contributed by atoms with Gasteiger partial charge in [-0.1, -0.05) is 11.6 Å². The van der Waals surface area contributed by atoms with Gasteiger partial charge < -0.3 is 14.8 Å². The maximum absolute atomic E-state index is 11.8. The van der Waals surface area contributed by atoms with Crippen LogP contribution in [-0.2, 0) is 4.74 Å². The minimum Gasteiger partial charge on any atom is -0.496 e. The van der Waals surface area contributed by atoms with Gasteiger partial charge in [-0.2, -0.15) is 0 Å². The van der Waals surface area contributed by atoms with E-state index in [-0.39, 0.29) is 5.02 Å². The van der Waals surface area contributed by atoms with Crippen molar-refractivity contribution in [3.05, 3.63) is 22.7 Å². The Morgan fingerprint density at radius 3 is 3.00 bits per heavy atom. The molecule has 0 spiro atoms. The first kappa shape index (κ1) is 15.6. The van der Waals surface area contributed by atoms with Gasteiger partial charge in [0.05, 0.1) is 30.0 Å². The molecule has 1 aliphatic rings. The third kappa shape index (κ3) is 4.09. The summed E-state index contributed by atoms with van der Waals surface area (Å²) in [4.78, 5) is 22.6. The van der Waals surface area contributed by atoms with Gasteiger partial charge in [-0.25, -0.2) is 4.79 Å². The van der Waals surface area contributed by atoms with Crippen LogP contribution >= 0.6 is 11.6 Å². The zero-order valence-corrected chi connectivity index (χ0v) is 12.4. The number of hydrogen-bond acceptors (Lipinski definition) is 5. The van der Waals surface area contributed by atoms with E-state index in [0.29, 0.717) is 35.8 Å². The number of methoxy groups -OCH3 is 1. The van der Waals surface area contributed by atoms with Crippen molar-refractivity contribution < 1.29 is 19.1 Å². The Bertz CT molecular complexity index is 530. The molecule has 2 rings (SSSR count). The smallest absolute Gasteiger partial charge is 0.411 e. The van der Waals surface area contributed by atoms with Crippen molar-refractivity contribution in [2.75, 3.05) is 32.1 Å². The van der Waals surface area contributed by atoms with E-state index in [9.17, 15) is 9.59 Å². The number of carbonyl (C=O) groups excluding carboxylic acids is 2. The summed E-state index contributed by atoms with van der Waals surface area (Å²) in [6, 6.07) is 2.92. The number of benzene rings is 1. The lowest BCUT2D eigenvalue weighted by molar-refractivity contribution is 0.112. The second-order valence-corrected chi connectivity index (χ2v) is 5.18. The van der Waals surface area contributed by atoms with Crippen LogP contribution in [0.25, 0.3) is 0 Å². The summed E-state index contributed by atoms with van der Waals surface area (Å²) < 4.78 is 10.2. The predicted octanol–water partition coefficient (Wildman–Crippen LogP) is 2.32. The van der Waals surface area contributed by atoms with Gasteiger partial charge in [0, 0.05) is 18.5 Å². The van der Waals surface area contributed by atoms with Gasteiger partial charge in [0.25, 0.3) is 0 Å². The first-order valence-electron chi connectivity index (χ1n) is 6.61. The normalized spacial score (nSPS) is 17.3. The van der Waals surface area contributed by atoms with Crippen molar-refractivity contribution >= 4 is 29.7 Å². The van der Waals surface area contributed by atoms with Gasteiger partial charge in [0.1, 0.15) is 5.75 Å². The molecule has 1 saturated heterocycles. The number of anilines is 1. The van der Waals surface area contributed by atoms with E-state index in [1.54, 1.807) is 0 Å². The number of aldehydes is 1. The molecule has 1 heterocycles. The molecule has 1 amide bonds. The molecule has 1 fully saturated rings. The van der Waals surface area contributed by atoms with Crippen LogP contribution in [0.5, 0.6) is 5.75 Å². The van der Waals surface area contributed by atoms with Crippen molar-refractivity contribution in [1.82, 2.24) is 5.32 Å². The second kappa shape index (κ2) is 7.28. The third-order valence-electron chi connectivity index (χ3n) is 3.30. The summed E-state index contributed by atoms with van der Waals surface area (Å²) in [6.45, 7) is 2.17. The number of carbonyl (C=O) groups is 2. The van der Waals surface area contributed by atoms with E-state index >= 15 is 0 Å². The van der Waals surface area contributed by atoms with E-state index < -0.39 is 6.09 Å². The molecule has 0 aliphatic carbocycles. The van der Waals surface area contributed by atoms with Crippen molar-refractivity contribution in [2.45, 2.75) is 6.42 Å². The fourth-order valence-electron chi connectivity index (χ4n) is 2.13. The lowest BCUT2D eigenvalue weighted by Gasteiger charge is -2.13. The van der Waals surface area contributed by atoms with E-state index in [2.05, 4.69) is 10.6 Å². The Morgan fingerprint density at radius 1 is 1.57 bits per heavy atom. The SMILES string of the molecule is COc1cc(NC(=O)OC[C@@H]2CCNC2)c(Cl)cc1C=O. The van der Waals surface area contributed by atoms with Crippen LogP contribution in [0.4, 0.5) is 10.5 Å². The van der Waals surface area contributed by atoms with Crippen LogP contribution < -0.4 is 15.4 Å². The highest BCUT2D eigenvalue weighted by atomic mass is 35.5. The van der Waals surface area contributed by atoms with E-state index in [4.69, 9.17) is 21.1 Å². The number of nitrogens with one attached hydrogen (secondary N) is 2. The van der Waals surface area contributed by atoms with Crippen LogP contribution in [0.3, 0.4) is 0 Å². The fraction of sp³-hybridized carbons (Fsp3) is 0.429. The second-order valence-electron chi connectivity index (χ2n) is 4.77. The molecule has 0 radical (unpaired) electrons. The largest absolute Gasteiger partial charge is 0.496 e. The van der Waals surface area contributed by atoms with Crippen LogP contribution in [0, 0.1) is 5.92 Å². The summed E-state index contributed by atoms with van der Waals surface area (Å²) in [5.74, 6) is 0.683.